The Labute approximate surface area is 147 Å². The number of nitrogens with one attached hydrogen (secondary N) is 1. The number of rotatable bonds is 3. The number of hydrogen-bond donors (Lipinski definition) is 1. The van der Waals surface area contributed by atoms with E-state index in [1.807, 2.05) is 0 Å². The second kappa shape index (κ2) is 5.67. The van der Waals surface area contributed by atoms with E-state index < -0.39 is 0 Å². The summed E-state index contributed by atoms with van der Waals surface area (Å²) in [6.45, 7) is 2.19. The summed E-state index contributed by atoms with van der Waals surface area (Å²) in [5.41, 5.74) is 0.830. The fourth-order valence-electron chi connectivity index (χ4n) is 5.81. The lowest BCUT2D eigenvalue weighted by molar-refractivity contribution is -0.0688. The third kappa shape index (κ3) is 2.78. The molecule has 1 aromatic carbocycles. The minimum absolute atomic E-state index is 0.0742. The molecule has 0 aliphatic heterocycles. The van der Waals surface area contributed by atoms with Crippen molar-refractivity contribution in [2.75, 3.05) is 0 Å². The highest BCUT2D eigenvalue weighted by atomic mass is 35.5. The van der Waals surface area contributed by atoms with Crippen molar-refractivity contribution < 1.29 is 4.79 Å². The first-order valence-corrected chi connectivity index (χ1v) is 9.47. The number of amides is 1. The van der Waals surface area contributed by atoms with E-state index in [9.17, 15) is 4.79 Å². The van der Waals surface area contributed by atoms with E-state index in [0.29, 0.717) is 21.0 Å². The first-order chi connectivity index (χ1) is 10.9. The van der Waals surface area contributed by atoms with Crippen LogP contribution in [0.5, 0.6) is 0 Å². The van der Waals surface area contributed by atoms with Gasteiger partial charge in [-0.1, -0.05) is 23.2 Å². The lowest BCUT2D eigenvalue weighted by atomic mass is 9.48. The summed E-state index contributed by atoms with van der Waals surface area (Å²) in [5, 5.41) is 4.23. The molecule has 1 N–H and O–H groups in total. The fraction of sp³-hybridized carbons (Fsp3) is 0.632. The molecule has 1 amide bonds. The third-order valence-corrected chi connectivity index (χ3v) is 7.08. The van der Waals surface area contributed by atoms with Gasteiger partial charge >= 0.3 is 0 Å². The highest BCUT2D eigenvalue weighted by Crippen LogP contribution is 2.61. The van der Waals surface area contributed by atoms with Gasteiger partial charge in [-0.15, -0.1) is 0 Å². The van der Waals surface area contributed by atoms with Gasteiger partial charge in [0, 0.05) is 11.1 Å². The van der Waals surface area contributed by atoms with Crippen molar-refractivity contribution in [3.05, 3.63) is 33.8 Å². The average molecular weight is 352 g/mol. The molecular weight excluding hydrogens is 329 g/mol. The lowest BCUT2D eigenvalue weighted by Crippen LogP contribution is -2.55. The summed E-state index contributed by atoms with van der Waals surface area (Å²) in [6.07, 6.45) is 8.12. The van der Waals surface area contributed by atoms with Gasteiger partial charge in [0.25, 0.3) is 5.91 Å². The van der Waals surface area contributed by atoms with E-state index in [-0.39, 0.29) is 11.9 Å². The molecule has 1 atom stereocenters. The molecule has 4 aliphatic rings. The molecule has 0 saturated heterocycles. The highest BCUT2D eigenvalue weighted by molar-refractivity contribution is 6.36. The average Bonchev–Trinajstić information content (AvgIpc) is 2.45. The van der Waals surface area contributed by atoms with E-state index in [1.165, 1.54) is 38.5 Å². The van der Waals surface area contributed by atoms with Gasteiger partial charge in [0.15, 0.2) is 0 Å². The van der Waals surface area contributed by atoms with E-state index in [4.69, 9.17) is 23.2 Å². The van der Waals surface area contributed by atoms with Crippen LogP contribution in [0.15, 0.2) is 18.2 Å². The molecule has 1 unspecified atom stereocenters. The fourth-order valence-corrected chi connectivity index (χ4v) is 6.30. The number of hydrogen-bond acceptors (Lipinski definition) is 1. The Kier molecular flexibility index (Phi) is 3.89. The molecule has 4 heteroatoms. The van der Waals surface area contributed by atoms with E-state index in [2.05, 4.69) is 12.2 Å². The van der Waals surface area contributed by atoms with Crippen LogP contribution in [0.3, 0.4) is 0 Å². The maximum absolute atomic E-state index is 12.6. The Morgan fingerprint density at radius 2 is 1.70 bits per heavy atom. The van der Waals surface area contributed by atoms with E-state index >= 15 is 0 Å². The van der Waals surface area contributed by atoms with Crippen molar-refractivity contribution in [2.24, 2.45) is 23.2 Å². The zero-order valence-electron chi connectivity index (χ0n) is 13.4. The number of benzene rings is 1. The minimum atomic E-state index is -0.0742. The molecule has 23 heavy (non-hydrogen) atoms. The Hall–Kier alpha value is -0.730. The Morgan fingerprint density at radius 3 is 2.22 bits per heavy atom. The van der Waals surface area contributed by atoms with Crippen molar-refractivity contribution in [1.29, 1.82) is 0 Å². The van der Waals surface area contributed by atoms with Gasteiger partial charge in [0.2, 0.25) is 0 Å². The molecule has 4 fully saturated rings. The molecule has 1 aromatic rings. The summed E-state index contributed by atoms with van der Waals surface area (Å²) in [4.78, 5) is 12.6. The van der Waals surface area contributed by atoms with Crippen molar-refractivity contribution in [2.45, 2.75) is 51.5 Å². The molecule has 0 heterocycles. The van der Waals surface area contributed by atoms with Crippen LogP contribution in [0.4, 0.5) is 0 Å². The number of carbonyl (C=O) groups excluding carboxylic acids is 1. The molecule has 0 radical (unpaired) electrons. The second-order valence-electron chi connectivity index (χ2n) is 8.10. The molecule has 4 saturated carbocycles. The van der Waals surface area contributed by atoms with Crippen LogP contribution in [-0.4, -0.2) is 11.9 Å². The second-order valence-corrected chi connectivity index (χ2v) is 8.94. The topological polar surface area (TPSA) is 29.1 Å². The van der Waals surface area contributed by atoms with Crippen LogP contribution in [0.1, 0.15) is 55.8 Å². The Balaban J connectivity index is 1.51. The van der Waals surface area contributed by atoms with Crippen LogP contribution in [0.25, 0.3) is 0 Å². The van der Waals surface area contributed by atoms with E-state index in [0.717, 1.165) is 17.8 Å². The summed E-state index contributed by atoms with van der Waals surface area (Å²) >= 11 is 12.1. The van der Waals surface area contributed by atoms with Gasteiger partial charge in [-0.25, -0.2) is 0 Å². The largest absolute Gasteiger partial charge is 0.349 e. The SMILES string of the molecule is CC(NC(=O)c1ccc(Cl)cc1Cl)C12CC3CC(CC(C3)C1)C2. The molecule has 0 aromatic heterocycles. The predicted molar refractivity (Wildman–Crippen MR) is 94.0 cm³/mol. The normalized spacial score (nSPS) is 36.0. The van der Waals surface area contributed by atoms with Crippen LogP contribution in [0, 0.1) is 23.2 Å². The van der Waals surface area contributed by atoms with Crippen molar-refractivity contribution in [3.8, 4) is 0 Å². The van der Waals surface area contributed by atoms with Gasteiger partial charge in [-0.3, -0.25) is 4.79 Å². The zero-order chi connectivity index (χ0) is 16.2. The van der Waals surface area contributed by atoms with Crippen molar-refractivity contribution in [3.63, 3.8) is 0 Å². The van der Waals surface area contributed by atoms with Crippen LogP contribution < -0.4 is 5.32 Å². The maximum atomic E-state index is 12.6. The van der Waals surface area contributed by atoms with Gasteiger partial charge in [-0.2, -0.15) is 0 Å². The molecule has 124 valence electrons. The summed E-state index contributed by atoms with van der Waals surface area (Å²) in [6, 6.07) is 5.27. The summed E-state index contributed by atoms with van der Waals surface area (Å²) < 4.78 is 0. The predicted octanol–water partition coefficient (Wildman–Crippen LogP) is 5.33. The van der Waals surface area contributed by atoms with Crippen LogP contribution in [0.2, 0.25) is 10.0 Å². The quantitative estimate of drug-likeness (QED) is 0.783. The first kappa shape index (κ1) is 15.8. The zero-order valence-corrected chi connectivity index (χ0v) is 15.0. The molecule has 4 bridgehead atoms. The molecular formula is C19H23Cl2NO. The van der Waals surface area contributed by atoms with E-state index in [1.54, 1.807) is 18.2 Å². The minimum Gasteiger partial charge on any atom is -0.349 e. The molecule has 2 nitrogen and oxygen atoms in total. The Morgan fingerprint density at radius 1 is 1.13 bits per heavy atom. The number of carbonyl (C=O) groups is 1. The first-order valence-electron chi connectivity index (χ1n) is 8.71. The molecule has 4 aliphatic carbocycles. The van der Waals surface area contributed by atoms with Crippen LogP contribution >= 0.6 is 23.2 Å². The third-order valence-electron chi connectivity index (χ3n) is 6.53. The summed E-state index contributed by atoms with van der Waals surface area (Å²) in [7, 11) is 0. The van der Waals surface area contributed by atoms with Gasteiger partial charge in [0.05, 0.1) is 10.6 Å². The summed E-state index contributed by atoms with van der Waals surface area (Å²) in [5.74, 6) is 2.59. The molecule has 0 spiro atoms. The Bertz CT molecular complexity index is 607. The number of halogens is 2. The lowest BCUT2D eigenvalue weighted by Gasteiger charge is -2.59. The maximum Gasteiger partial charge on any atom is 0.253 e. The standard InChI is InChI=1S/C19H23Cl2NO/c1-11(22-18(23)16-3-2-15(20)7-17(16)21)19-8-12-4-13(9-19)6-14(5-12)10-19/h2-3,7,11-14H,4-6,8-10H2,1H3,(H,22,23). The van der Waals surface area contributed by atoms with Crippen molar-refractivity contribution >= 4 is 29.1 Å². The van der Waals surface area contributed by atoms with Gasteiger partial charge in [-0.05, 0) is 86.8 Å². The highest BCUT2D eigenvalue weighted by Gasteiger charge is 2.53. The van der Waals surface area contributed by atoms with Crippen LogP contribution in [-0.2, 0) is 0 Å². The monoisotopic (exact) mass is 351 g/mol. The smallest absolute Gasteiger partial charge is 0.253 e. The van der Waals surface area contributed by atoms with Gasteiger partial charge < -0.3 is 5.32 Å². The van der Waals surface area contributed by atoms with Gasteiger partial charge in [0.1, 0.15) is 0 Å². The molecule has 5 rings (SSSR count). The van der Waals surface area contributed by atoms with Crippen molar-refractivity contribution in [1.82, 2.24) is 5.32 Å².